The first-order chi connectivity index (χ1) is 5.96. The summed E-state index contributed by atoms with van der Waals surface area (Å²) in [5.74, 6) is 0. The molecule has 0 radical (unpaired) electrons. The van der Waals surface area contributed by atoms with Gasteiger partial charge in [-0.05, 0) is 24.3 Å². The second-order valence-electron chi connectivity index (χ2n) is 2.86. The van der Waals surface area contributed by atoms with Gasteiger partial charge in [-0.15, -0.1) is 11.3 Å². The maximum absolute atomic E-state index is 11.2. The molecule has 0 amide bonds. The minimum Gasteiger partial charge on any atom is -0.207 e. The Morgan fingerprint density at radius 1 is 1.54 bits per heavy atom. The van der Waals surface area contributed by atoms with Crippen LogP contribution >= 0.6 is 22.0 Å². The topological polar surface area (TPSA) is 34.1 Å². The average Bonchev–Trinajstić information content (AvgIpc) is 2.31. The molecule has 1 heterocycles. The number of hydrogen-bond donors (Lipinski definition) is 0. The molecular formula is C8H11ClO2S2. The van der Waals surface area contributed by atoms with Crippen LogP contribution in [0, 0.1) is 6.92 Å². The first-order valence-corrected chi connectivity index (χ1v) is 7.17. The van der Waals surface area contributed by atoms with E-state index < -0.39 is 9.05 Å². The third-order valence-electron chi connectivity index (χ3n) is 1.71. The molecule has 0 aliphatic rings. The fraction of sp³-hybridized carbons (Fsp3) is 0.500. The summed E-state index contributed by atoms with van der Waals surface area (Å²) in [7, 11) is 1.76. The lowest BCUT2D eigenvalue weighted by molar-refractivity contribution is 0.608. The minimum atomic E-state index is -3.56. The van der Waals surface area contributed by atoms with Gasteiger partial charge in [0.2, 0.25) is 0 Å². The molecule has 5 heteroatoms. The molecule has 0 aliphatic carbocycles. The van der Waals surface area contributed by atoms with Gasteiger partial charge in [0.25, 0.3) is 9.05 Å². The number of rotatable bonds is 3. The van der Waals surface area contributed by atoms with Crippen molar-refractivity contribution >= 4 is 31.1 Å². The van der Waals surface area contributed by atoms with Gasteiger partial charge in [0, 0.05) is 15.6 Å². The normalized spacial score (nSPS) is 11.9. The van der Waals surface area contributed by atoms with E-state index in [4.69, 9.17) is 10.7 Å². The fourth-order valence-electron chi connectivity index (χ4n) is 1.21. The van der Waals surface area contributed by atoms with Crippen LogP contribution < -0.4 is 0 Å². The molecule has 0 bridgehead atoms. The number of thiophene rings is 1. The molecule has 13 heavy (non-hydrogen) atoms. The number of halogens is 1. The Balaban J connectivity index is 3.25. The fourth-order valence-corrected chi connectivity index (χ4v) is 4.39. The molecule has 0 aromatic carbocycles. The third-order valence-corrected chi connectivity index (χ3v) is 4.52. The Morgan fingerprint density at radius 3 is 2.62 bits per heavy atom. The molecule has 1 rings (SSSR count). The van der Waals surface area contributed by atoms with E-state index in [1.807, 2.05) is 12.3 Å². The van der Waals surface area contributed by atoms with Crippen molar-refractivity contribution in [1.82, 2.24) is 0 Å². The van der Waals surface area contributed by atoms with Crippen molar-refractivity contribution in [3.8, 4) is 0 Å². The molecule has 0 spiro atoms. The van der Waals surface area contributed by atoms with Gasteiger partial charge in [-0.1, -0.05) is 13.3 Å². The van der Waals surface area contributed by atoms with E-state index in [2.05, 4.69) is 0 Å². The van der Waals surface area contributed by atoms with Crippen molar-refractivity contribution in [3.05, 3.63) is 15.8 Å². The van der Waals surface area contributed by atoms with Gasteiger partial charge in [0.1, 0.15) is 0 Å². The van der Waals surface area contributed by atoms with E-state index in [0.29, 0.717) is 4.90 Å². The van der Waals surface area contributed by atoms with E-state index in [-0.39, 0.29) is 0 Å². The predicted molar refractivity (Wildman–Crippen MR) is 56.1 cm³/mol. The zero-order valence-electron chi connectivity index (χ0n) is 7.50. The first-order valence-electron chi connectivity index (χ1n) is 3.98. The molecule has 2 nitrogen and oxygen atoms in total. The summed E-state index contributed by atoms with van der Waals surface area (Å²) in [6.07, 6.45) is 1.71. The Morgan fingerprint density at radius 2 is 2.15 bits per heavy atom. The lowest BCUT2D eigenvalue weighted by atomic mass is 10.2. The Hall–Kier alpha value is -0.0600. The van der Waals surface area contributed by atoms with Gasteiger partial charge in [0.15, 0.2) is 0 Å². The zero-order chi connectivity index (χ0) is 10.1. The van der Waals surface area contributed by atoms with E-state index in [0.717, 1.165) is 23.3 Å². The summed E-state index contributed by atoms with van der Waals surface area (Å²) < 4.78 is 22.4. The van der Waals surface area contributed by atoms with Gasteiger partial charge >= 0.3 is 0 Å². The van der Waals surface area contributed by atoms with Crippen LogP contribution in [0.15, 0.2) is 10.3 Å². The minimum absolute atomic E-state index is 0.320. The van der Waals surface area contributed by atoms with Crippen LogP contribution in [0.3, 0.4) is 0 Å². The van der Waals surface area contributed by atoms with E-state index >= 15 is 0 Å². The summed E-state index contributed by atoms with van der Waals surface area (Å²) in [5, 5.41) is 1.83. The van der Waals surface area contributed by atoms with Crippen molar-refractivity contribution in [2.24, 2.45) is 0 Å². The molecule has 1 aromatic rings. The summed E-state index contributed by atoms with van der Waals surface area (Å²) in [4.78, 5) is 1.19. The highest BCUT2D eigenvalue weighted by Crippen LogP contribution is 2.30. The third kappa shape index (κ3) is 2.45. The lowest BCUT2D eigenvalue weighted by Gasteiger charge is -1.99. The monoisotopic (exact) mass is 238 g/mol. The molecule has 0 aliphatic heterocycles. The first kappa shape index (κ1) is 11.0. The van der Waals surface area contributed by atoms with Crippen molar-refractivity contribution in [2.45, 2.75) is 31.6 Å². The van der Waals surface area contributed by atoms with Crippen LogP contribution in [0.5, 0.6) is 0 Å². The molecule has 1 aromatic heterocycles. The second kappa shape index (κ2) is 3.98. The van der Waals surface area contributed by atoms with Gasteiger partial charge in [0.05, 0.1) is 4.90 Å². The quantitative estimate of drug-likeness (QED) is 0.759. The van der Waals surface area contributed by atoms with Crippen molar-refractivity contribution in [1.29, 1.82) is 0 Å². The summed E-state index contributed by atoms with van der Waals surface area (Å²) in [5.41, 5.74) is 0.753. The van der Waals surface area contributed by atoms with Crippen LogP contribution in [-0.2, 0) is 15.5 Å². The molecule has 0 fully saturated rings. The summed E-state index contributed by atoms with van der Waals surface area (Å²) in [6, 6.07) is 0. The highest BCUT2D eigenvalue weighted by atomic mass is 35.7. The highest BCUT2D eigenvalue weighted by molar-refractivity contribution is 8.13. The van der Waals surface area contributed by atoms with Gasteiger partial charge in [-0.3, -0.25) is 0 Å². The average molecular weight is 239 g/mol. The van der Waals surface area contributed by atoms with E-state index in [9.17, 15) is 8.42 Å². The molecule has 74 valence electrons. The molecule has 0 unspecified atom stereocenters. The molecule has 0 atom stereocenters. The predicted octanol–water partition coefficient (Wildman–Crippen LogP) is 2.94. The maximum Gasteiger partial charge on any atom is 0.262 e. The summed E-state index contributed by atoms with van der Waals surface area (Å²) in [6.45, 7) is 3.78. The highest BCUT2D eigenvalue weighted by Gasteiger charge is 2.19. The number of hydrogen-bond acceptors (Lipinski definition) is 3. The van der Waals surface area contributed by atoms with Crippen LogP contribution in [0.2, 0.25) is 0 Å². The van der Waals surface area contributed by atoms with Gasteiger partial charge < -0.3 is 0 Å². The van der Waals surface area contributed by atoms with Crippen LogP contribution in [0.4, 0.5) is 0 Å². The molecular weight excluding hydrogens is 228 g/mol. The lowest BCUT2D eigenvalue weighted by Crippen LogP contribution is -1.95. The van der Waals surface area contributed by atoms with Crippen LogP contribution in [0.25, 0.3) is 0 Å². The van der Waals surface area contributed by atoms with Gasteiger partial charge in [-0.25, -0.2) is 8.42 Å². The van der Waals surface area contributed by atoms with Crippen molar-refractivity contribution in [3.63, 3.8) is 0 Å². The maximum atomic E-state index is 11.2. The zero-order valence-corrected chi connectivity index (χ0v) is 9.89. The Bertz CT molecular complexity index is 392. The SMILES string of the molecule is CCCc1scc(C)c1S(=O)(=O)Cl. The van der Waals surface area contributed by atoms with Crippen molar-refractivity contribution in [2.75, 3.05) is 0 Å². The van der Waals surface area contributed by atoms with Crippen LogP contribution in [-0.4, -0.2) is 8.42 Å². The molecule has 0 saturated heterocycles. The Kier molecular flexibility index (Phi) is 3.38. The molecule has 0 saturated carbocycles. The van der Waals surface area contributed by atoms with Gasteiger partial charge in [-0.2, -0.15) is 0 Å². The molecule has 0 N–H and O–H groups in total. The standard InChI is InChI=1S/C8H11ClO2S2/c1-3-4-7-8(13(9,10)11)6(2)5-12-7/h5H,3-4H2,1-2H3. The smallest absolute Gasteiger partial charge is 0.207 e. The van der Waals surface area contributed by atoms with E-state index in [1.165, 1.54) is 11.3 Å². The van der Waals surface area contributed by atoms with Crippen molar-refractivity contribution < 1.29 is 8.42 Å². The second-order valence-corrected chi connectivity index (χ2v) is 6.33. The Labute approximate surface area is 87.0 Å². The summed E-state index contributed by atoms with van der Waals surface area (Å²) >= 11 is 1.46. The van der Waals surface area contributed by atoms with Crippen LogP contribution in [0.1, 0.15) is 23.8 Å². The largest absolute Gasteiger partial charge is 0.262 e. The van der Waals surface area contributed by atoms with E-state index in [1.54, 1.807) is 6.92 Å². The number of aryl methyl sites for hydroxylation is 2.